The average Bonchev–Trinajstić information content (AvgIpc) is 3.53. The molecule has 5 nitrogen and oxygen atoms in total. The minimum Gasteiger partial charge on any atom is -0.341 e. The Morgan fingerprint density at radius 2 is 1.93 bits per heavy atom. The number of carbonyl (C=O) groups is 2. The maximum atomic E-state index is 13.2. The second-order valence-corrected chi connectivity index (χ2v) is 10.3. The monoisotopic (exact) mass is 459 g/mol. The van der Waals surface area contributed by atoms with Crippen molar-refractivity contribution in [2.75, 3.05) is 19.6 Å². The maximum Gasteiger partial charge on any atom is 0.264 e. The van der Waals surface area contributed by atoms with Crippen LogP contribution in [0.5, 0.6) is 0 Å². The fraction of sp³-hybridized carbons (Fsp3) is 0.409. The quantitative estimate of drug-likeness (QED) is 0.552. The summed E-state index contributed by atoms with van der Waals surface area (Å²) >= 11 is 9.25. The fourth-order valence-electron chi connectivity index (χ4n) is 4.46. The van der Waals surface area contributed by atoms with E-state index in [2.05, 4.69) is 0 Å². The smallest absolute Gasteiger partial charge is 0.264 e. The van der Waals surface area contributed by atoms with Crippen molar-refractivity contribution >= 4 is 56.3 Å². The Kier molecular flexibility index (Phi) is 5.52. The summed E-state index contributed by atoms with van der Waals surface area (Å²) in [4.78, 5) is 35.2. The summed E-state index contributed by atoms with van der Waals surface area (Å²) in [6, 6.07) is 9.24. The van der Waals surface area contributed by atoms with Gasteiger partial charge in [-0.15, -0.1) is 22.7 Å². The largest absolute Gasteiger partial charge is 0.341 e. The molecule has 156 valence electrons. The number of halogens is 1. The Balaban J connectivity index is 1.24. The summed E-state index contributed by atoms with van der Waals surface area (Å²) in [5.41, 5.74) is 0.953. The van der Waals surface area contributed by atoms with Crippen LogP contribution in [0.15, 0.2) is 35.7 Å². The van der Waals surface area contributed by atoms with E-state index in [-0.39, 0.29) is 17.9 Å². The van der Waals surface area contributed by atoms with E-state index in [1.807, 2.05) is 40.6 Å². The Morgan fingerprint density at radius 1 is 1.10 bits per heavy atom. The van der Waals surface area contributed by atoms with Gasteiger partial charge in [0, 0.05) is 30.6 Å². The van der Waals surface area contributed by atoms with Gasteiger partial charge in [-0.1, -0.05) is 17.7 Å². The number of fused-ring (bicyclic) bond motifs is 1. The number of aromatic nitrogens is 1. The highest BCUT2D eigenvalue weighted by atomic mass is 35.5. The molecule has 0 spiro atoms. The molecule has 2 aromatic heterocycles. The van der Waals surface area contributed by atoms with Crippen molar-refractivity contribution in [1.29, 1.82) is 0 Å². The highest BCUT2D eigenvalue weighted by Crippen LogP contribution is 2.35. The van der Waals surface area contributed by atoms with Crippen LogP contribution in [0.2, 0.25) is 5.02 Å². The van der Waals surface area contributed by atoms with Crippen molar-refractivity contribution in [3.8, 4) is 0 Å². The minimum absolute atomic E-state index is 0.0103. The number of rotatable bonds is 3. The number of amides is 2. The molecule has 30 heavy (non-hydrogen) atoms. The molecule has 1 aromatic carbocycles. The van der Waals surface area contributed by atoms with Crippen LogP contribution in [0.1, 0.15) is 46.3 Å². The Hall–Kier alpha value is -1.96. The number of carbonyl (C=O) groups excluding carboxylic acids is 2. The summed E-state index contributed by atoms with van der Waals surface area (Å²) in [6.45, 7) is 2.10. The second-order valence-electron chi connectivity index (χ2n) is 7.90. The molecule has 0 unspecified atom stereocenters. The lowest BCUT2D eigenvalue weighted by Crippen LogP contribution is -2.49. The molecular formula is C22H22ClN3O2S2. The van der Waals surface area contributed by atoms with Crippen molar-refractivity contribution in [2.24, 2.45) is 0 Å². The third-order valence-corrected chi connectivity index (χ3v) is 8.34. The molecule has 8 heteroatoms. The summed E-state index contributed by atoms with van der Waals surface area (Å²) < 4.78 is 1.15. The van der Waals surface area contributed by atoms with Crippen LogP contribution < -0.4 is 0 Å². The van der Waals surface area contributed by atoms with Gasteiger partial charge in [0.1, 0.15) is 6.04 Å². The van der Waals surface area contributed by atoms with Gasteiger partial charge in [-0.2, -0.15) is 0 Å². The molecule has 0 bridgehead atoms. The molecule has 2 fully saturated rings. The number of likely N-dealkylation sites (tertiary alicyclic amines) is 2. The van der Waals surface area contributed by atoms with Gasteiger partial charge >= 0.3 is 0 Å². The van der Waals surface area contributed by atoms with Crippen molar-refractivity contribution < 1.29 is 9.59 Å². The molecule has 2 aliphatic rings. The molecule has 2 saturated heterocycles. The normalized spacial score (nSPS) is 20.2. The predicted molar refractivity (Wildman–Crippen MR) is 122 cm³/mol. The van der Waals surface area contributed by atoms with E-state index in [9.17, 15) is 9.59 Å². The SMILES string of the molecule is O=C([C@@H]1CCCN1C(=O)c1cccs1)N1CCC(c2nc3cc(Cl)ccc3s2)CC1. The number of nitrogens with zero attached hydrogens (tertiary/aromatic N) is 3. The van der Waals surface area contributed by atoms with Crippen LogP contribution in [0.3, 0.4) is 0 Å². The lowest BCUT2D eigenvalue weighted by Gasteiger charge is -2.35. The molecule has 2 amide bonds. The molecule has 0 saturated carbocycles. The number of thiophene rings is 1. The fourth-order valence-corrected chi connectivity index (χ4v) is 6.42. The zero-order valence-electron chi connectivity index (χ0n) is 16.4. The van der Waals surface area contributed by atoms with E-state index in [1.54, 1.807) is 16.2 Å². The minimum atomic E-state index is -0.319. The van der Waals surface area contributed by atoms with E-state index < -0.39 is 0 Å². The lowest BCUT2D eigenvalue weighted by molar-refractivity contribution is -0.136. The van der Waals surface area contributed by atoms with Crippen molar-refractivity contribution in [1.82, 2.24) is 14.8 Å². The average molecular weight is 460 g/mol. The maximum absolute atomic E-state index is 13.2. The van der Waals surface area contributed by atoms with E-state index >= 15 is 0 Å². The molecular weight excluding hydrogens is 438 g/mol. The van der Waals surface area contributed by atoms with Crippen LogP contribution in [0, 0.1) is 0 Å². The van der Waals surface area contributed by atoms with E-state index in [4.69, 9.17) is 16.6 Å². The first-order valence-electron chi connectivity index (χ1n) is 10.3. The number of hydrogen-bond donors (Lipinski definition) is 0. The van der Waals surface area contributed by atoms with E-state index in [0.29, 0.717) is 22.4 Å². The molecule has 5 rings (SSSR count). The Labute approximate surface area is 188 Å². The zero-order valence-corrected chi connectivity index (χ0v) is 18.8. The molecule has 3 aromatic rings. The lowest BCUT2D eigenvalue weighted by atomic mass is 9.97. The number of thiazole rings is 1. The van der Waals surface area contributed by atoms with Crippen LogP contribution in [0.25, 0.3) is 10.2 Å². The summed E-state index contributed by atoms with van der Waals surface area (Å²) in [6.07, 6.45) is 3.46. The summed E-state index contributed by atoms with van der Waals surface area (Å²) in [5, 5.41) is 3.74. The third kappa shape index (κ3) is 3.74. The topological polar surface area (TPSA) is 53.5 Å². The first-order chi connectivity index (χ1) is 14.6. The first-order valence-corrected chi connectivity index (χ1v) is 12.4. The number of hydrogen-bond acceptors (Lipinski definition) is 5. The van der Waals surface area contributed by atoms with E-state index in [0.717, 1.165) is 54.0 Å². The van der Waals surface area contributed by atoms with E-state index in [1.165, 1.54) is 11.3 Å². The Morgan fingerprint density at radius 3 is 2.70 bits per heavy atom. The van der Waals surface area contributed by atoms with Crippen molar-refractivity contribution in [3.05, 3.63) is 50.6 Å². The van der Waals surface area contributed by atoms with Gasteiger partial charge < -0.3 is 9.80 Å². The van der Waals surface area contributed by atoms with Crippen LogP contribution in [-0.2, 0) is 4.79 Å². The van der Waals surface area contributed by atoms with Gasteiger partial charge in [-0.25, -0.2) is 4.98 Å². The van der Waals surface area contributed by atoms with Gasteiger partial charge in [0.2, 0.25) is 5.91 Å². The Bertz CT molecular complexity index is 1070. The molecule has 1 atom stereocenters. The predicted octanol–water partition coefficient (Wildman–Crippen LogP) is 5.02. The highest BCUT2D eigenvalue weighted by molar-refractivity contribution is 7.18. The number of benzene rings is 1. The first kappa shape index (κ1) is 20.0. The van der Waals surface area contributed by atoms with Crippen LogP contribution in [-0.4, -0.2) is 52.3 Å². The van der Waals surface area contributed by atoms with Gasteiger partial charge in [-0.3, -0.25) is 9.59 Å². The number of piperidine rings is 1. The molecule has 0 N–H and O–H groups in total. The standard InChI is InChI=1S/C22H22ClN3O2S2/c23-15-5-6-18-16(13-15)24-20(30-18)14-7-10-25(11-8-14)21(27)17-3-1-9-26(17)22(28)19-4-2-12-29-19/h2,4-6,12-14,17H,1,3,7-11H2/t17-/m0/s1. The molecule has 2 aliphatic heterocycles. The molecule has 0 aliphatic carbocycles. The van der Waals surface area contributed by atoms with Crippen LogP contribution >= 0.6 is 34.3 Å². The molecule has 0 radical (unpaired) electrons. The second kappa shape index (κ2) is 8.29. The zero-order chi connectivity index (χ0) is 20.7. The van der Waals surface area contributed by atoms with Crippen LogP contribution in [0.4, 0.5) is 0 Å². The van der Waals surface area contributed by atoms with Crippen molar-refractivity contribution in [3.63, 3.8) is 0 Å². The molecule has 4 heterocycles. The summed E-state index contributed by atoms with van der Waals surface area (Å²) in [5.74, 6) is 0.466. The van der Waals surface area contributed by atoms with Gasteiger partial charge in [0.25, 0.3) is 5.91 Å². The van der Waals surface area contributed by atoms with Gasteiger partial charge in [-0.05, 0) is 55.3 Å². The third-order valence-electron chi connectivity index (χ3n) is 6.05. The van der Waals surface area contributed by atoms with Gasteiger partial charge in [0.05, 0.1) is 20.1 Å². The van der Waals surface area contributed by atoms with Crippen molar-refractivity contribution in [2.45, 2.75) is 37.6 Å². The van der Waals surface area contributed by atoms with Gasteiger partial charge in [0.15, 0.2) is 0 Å². The summed E-state index contributed by atoms with van der Waals surface area (Å²) in [7, 11) is 0. The highest BCUT2D eigenvalue weighted by Gasteiger charge is 2.38.